The molecule has 8 rings (SSSR count). The molecule has 0 atom stereocenters. The zero-order chi connectivity index (χ0) is 25.9. The largest absolute Gasteiger partial charge is 0.309 e. The average molecular weight is 499 g/mol. The number of aromatic nitrogens is 2. The Bertz CT molecular complexity index is 1940. The van der Waals surface area contributed by atoms with E-state index >= 15 is 0 Å². The highest BCUT2D eigenvalue weighted by Crippen LogP contribution is 2.39. The summed E-state index contributed by atoms with van der Waals surface area (Å²) in [6.07, 6.45) is 0. The molecule has 0 unspecified atom stereocenters. The predicted octanol–water partition coefficient (Wildman–Crippen LogP) is 9.86. The first-order valence-corrected chi connectivity index (χ1v) is 13.5. The third-order valence-electron chi connectivity index (χ3n) is 8.10. The van der Waals surface area contributed by atoms with Gasteiger partial charge in [-0.2, -0.15) is 0 Å². The van der Waals surface area contributed by atoms with Crippen LogP contribution in [-0.2, 0) is 0 Å². The van der Waals surface area contributed by atoms with Gasteiger partial charge < -0.3 is 9.13 Å². The Labute approximate surface area is 227 Å². The van der Waals surface area contributed by atoms with Crippen molar-refractivity contribution in [2.45, 2.75) is 6.92 Å². The van der Waals surface area contributed by atoms with Crippen LogP contribution in [0.25, 0.3) is 66.1 Å². The van der Waals surface area contributed by atoms with Crippen LogP contribution in [0.1, 0.15) is 5.56 Å². The lowest BCUT2D eigenvalue weighted by atomic mass is 10.00. The predicted molar refractivity (Wildman–Crippen MR) is 165 cm³/mol. The van der Waals surface area contributed by atoms with E-state index in [1.165, 1.54) is 71.7 Å². The maximum absolute atomic E-state index is 2.45. The van der Waals surface area contributed by atoms with Gasteiger partial charge >= 0.3 is 0 Å². The number of hydrogen-bond acceptors (Lipinski definition) is 0. The zero-order valence-electron chi connectivity index (χ0n) is 21.7. The van der Waals surface area contributed by atoms with Crippen LogP contribution in [0.15, 0.2) is 140 Å². The highest BCUT2D eigenvalue weighted by Gasteiger charge is 2.19. The van der Waals surface area contributed by atoms with Crippen LogP contribution in [0.2, 0.25) is 0 Å². The summed E-state index contributed by atoms with van der Waals surface area (Å²) >= 11 is 0. The van der Waals surface area contributed by atoms with Crippen LogP contribution in [-0.4, -0.2) is 9.13 Å². The minimum Gasteiger partial charge on any atom is -0.309 e. The van der Waals surface area contributed by atoms with Crippen molar-refractivity contribution >= 4 is 43.6 Å². The maximum Gasteiger partial charge on any atom is 0.0541 e. The van der Waals surface area contributed by atoms with Gasteiger partial charge in [0.05, 0.1) is 33.4 Å². The quantitative estimate of drug-likeness (QED) is 0.229. The Kier molecular flexibility index (Phi) is 4.77. The van der Waals surface area contributed by atoms with E-state index in [2.05, 4.69) is 156 Å². The van der Waals surface area contributed by atoms with Gasteiger partial charge in [-0.05, 0) is 60.0 Å². The van der Waals surface area contributed by atoms with Gasteiger partial charge in [0.25, 0.3) is 0 Å². The summed E-state index contributed by atoms with van der Waals surface area (Å²) in [5.74, 6) is 0. The van der Waals surface area contributed by atoms with Gasteiger partial charge in [-0.25, -0.2) is 0 Å². The Balaban J connectivity index is 1.55. The lowest BCUT2D eigenvalue weighted by Gasteiger charge is -2.19. The molecule has 0 spiro atoms. The second-order valence-corrected chi connectivity index (χ2v) is 10.2. The Morgan fingerprint density at radius 1 is 0.359 bits per heavy atom. The van der Waals surface area contributed by atoms with Crippen molar-refractivity contribution in [3.63, 3.8) is 0 Å². The van der Waals surface area contributed by atoms with Crippen molar-refractivity contribution < 1.29 is 0 Å². The molecule has 39 heavy (non-hydrogen) atoms. The third-order valence-corrected chi connectivity index (χ3v) is 8.10. The topological polar surface area (TPSA) is 9.86 Å². The van der Waals surface area contributed by atoms with Gasteiger partial charge in [-0.1, -0.05) is 103 Å². The number of rotatable bonds is 3. The van der Waals surface area contributed by atoms with Crippen LogP contribution in [0.4, 0.5) is 0 Å². The summed E-state index contributed by atoms with van der Waals surface area (Å²) in [6.45, 7) is 2.27. The van der Waals surface area contributed by atoms with E-state index in [9.17, 15) is 0 Å². The molecule has 2 aromatic heterocycles. The fourth-order valence-electron chi connectivity index (χ4n) is 6.31. The molecule has 0 aliphatic carbocycles. The van der Waals surface area contributed by atoms with Crippen molar-refractivity contribution in [3.05, 3.63) is 145 Å². The SMILES string of the molecule is Cc1c(-n2c3ccccc3c3ccccc32)cc(-c2ccccc2)cc1-n1c2ccccc2c2ccccc21. The van der Waals surface area contributed by atoms with Crippen molar-refractivity contribution in [1.82, 2.24) is 9.13 Å². The second-order valence-electron chi connectivity index (χ2n) is 10.2. The van der Waals surface area contributed by atoms with Gasteiger partial charge in [-0.3, -0.25) is 0 Å². The number of nitrogens with zero attached hydrogens (tertiary/aromatic N) is 2. The molecule has 0 saturated heterocycles. The fraction of sp³-hybridized carbons (Fsp3) is 0.0270. The van der Waals surface area contributed by atoms with Crippen molar-refractivity contribution in [1.29, 1.82) is 0 Å². The smallest absolute Gasteiger partial charge is 0.0541 e. The molecule has 2 heterocycles. The van der Waals surface area contributed by atoms with E-state index in [0.717, 1.165) is 0 Å². The normalized spacial score (nSPS) is 11.7. The van der Waals surface area contributed by atoms with Crippen LogP contribution in [0.5, 0.6) is 0 Å². The molecule has 0 bridgehead atoms. The molecule has 0 N–H and O–H groups in total. The summed E-state index contributed by atoms with van der Waals surface area (Å²) in [5.41, 5.74) is 10.9. The minimum absolute atomic E-state index is 1.20. The molecule has 0 fully saturated rings. The van der Waals surface area contributed by atoms with Gasteiger partial charge in [0.2, 0.25) is 0 Å². The van der Waals surface area contributed by atoms with E-state index in [4.69, 9.17) is 0 Å². The molecule has 184 valence electrons. The summed E-state index contributed by atoms with van der Waals surface area (Å²) in [7, 11) is 0. The Morgan fingerprint density at radius 3 is 1.08 bits per heavy atom. The van der Waals surface area contributed by atoms with Crippen LogP contribution in [0.3, 0.4) is 0 Å². The van der Waals surface area contributed by atoms with Crippen LogP contribution in [0, 0.1) is 6.92 Å². The summed E-state index contributed by atoms with van der Waals surface area (Å²) in [6, 6.07) is 50.5. The van der Waals surface area contributed by atoms with Crippen LogP contribution < -0.4 is 0 Å². The molecule has 0 saturated carbocycles. The van der Waals surface area contributed by atoms with Gasteiger partial charge in [0.15, 0.2) is 0 Å². The summed E-state index contributed by atoms with van der Waals surface area (Å²) in [5, 5.41) is 5.10. The molecule has 6 aromatic carbocycles. The van der Waals surface area contributed by atoms with E-state index in [-0.39, 0.29) is 0 Å². The lowest BCUT2D eigenvalue weighted by Crippen LogP contribution is -2.04. The molecular weight excluding hydrogens is 472 g/mol. The van der Waals surface area contributed by atoms with Gasteiger partial charge in [-0.15, -0.1) is 0 Å². The number of para-hydroxylation sites is 4. The average Bonchev–Trinajstić information content (AvgIpc) is 3.51. The van der Waals surface area contributed by atoms with Crippen molar-refractivity contribution in [3.8, 4) is 22.5 Å². The molecule has 0 radical (unpaired) electrons. The Hall–Kier alpha value is -5.08. The maximum atomic E-state index is 2.45. The van der Waals surface area contributed by atoms with Gasteiger partial charge in [0.1, 0.15) is 0 Å². The summed E-state index contributed by atoms with van der Waals surface area (Å²) in [4.78, 5) is 0. The summed E-state index contributed by atoms with van der Waals surface area (Å²) < 4.78 is 4.90. The molecule has 0 amide bonds. The van der Waals surface area contributed by atoms with E-state index in [1.807, 2.05) is 0 Å². The first kappa shape index (κ1) is 22.0. The number of benzene rings is 6. The van der Waals surface area contributed by atoms with Crippen molar-refractivity contribution in [2.24, 2.45) is 0 Å². The molecule has 8 aromatic rings. The molecule has 0 aliphatic rings. The standard InChI is InChI=1S/C37H26N2/c1-25-36(38-32-19-9-5-15-28(32)29-16-6-10-20-33(29)38)23-27(26-13-3-2-4-14-26)24-37(25)39-34-21-11-7-17-30(34)31-18-8-12-22-35(31)39/h2-24H,1H3. The molecule has 0 aliphatic heterocycles. The lowest BCUT2D eigenvalue weighted by molar-refractivity contribution is 1.10. The monoisotopic (exact) mass is 498 g/mol. The Morgan fingerprint density at radius 2 is 0.692 bits per heavy atom. The van der Waals surface area contributed by atoms with Crippen molar-refractivity contribution in [2.75, 3.05) is 0 Å². The molecular formula is C37H26N2. The molecule has 2 nitrogen and oxygen atoms in total. The fourth-order valence-corrected chi connectivity index (χ4v) is 6.31. The zero-order valence-corrected chi connectivity index (χ0v) is 21.7. The van der Waals surface area contributed by atoms with E-state index < -0.39 is 0 Å². The number of fused-ring (bicyclic) bond motifs is 6. The third kappa shape index (κ3) is 3.22. The van der Waals surface area contributed by atoms with E-state index in [0.29, 0.717) is 0 Å². The first-order chi connectivity index (χ1) is 19.3. The molecule has 2 heteroatoms. The highest BCUT2D eigenvalue weighted by molar-refractivity contribution is 6.11. The number of hydrogen-bond donors (Lipinski definition) is 0. The van der Waals surface area contributed by atoms with E-state index in [1.54, 1.807) is 0 Å². The first-order valence-electron chi connectivity index (χ1n) is 13.5. The highest BCUT2D eigenvalue weighted by atomic mass is 15.0. The second kappa shape index (κ2) is 8.47. The minimum atomic E-state index is 1.20. The van der Waals surface area contributed by atoms with Crippen LogP contribution >= 0.6 is 0 Å². The van der Waals surface area contributed by atoms with Gasteiger partial charge in [0, 0.05) is 21.5 Å².